The summed E-state index contributed by atoms with van der Waals surface area (Å²) in [5.74, 6) is -0.267. The van der Waals surface area contributed by atoms with Crippen LogP contribution in [0.15, 0.2) is 30.3 Å². The third-order valence-corrected chi connectivity index (χ3v) is 2.96. The quantitative estimate of drug-likeness (QED) is 0.893. The Kier molecular flexibility index (Phi) is 3.63. The van der Waals surface area contributed by atoms with Gasteiger partial charge in [-0.2, -0.15) is 0 Å². The molecule has 0 fully saturated rings. The van der Waals surface area contributed by atoms with Crippen LogP contribution in [0.4, 0.5) is 5.82 Å². The van der Waals surface area contributed by atoms with Crippen molar-refractivity contribution in [2.45, 2.75) is 19.4 Å². The maximum Gasteiger partial charge on any atom is 0.336 e. The van der Waals surface area contributed by atoms with Crippen LogP contribution in [0.1, 0.15) is 24.2 Å². The number of carboxylic acids is 1. The van der Waals surface area contributed by atoms with Crippen molar-refractivity contribution in [3.8, 4) is 0 Å². The van der Waals surface area contributed by atoms with Gasteiger partial charge in [0.05, 0.1) is 16.7 Å². The van der Waals surface area contributed by atoms with E-state index in [4.69, 9.17) is 5.11 Å². The number of fused-ring (bicyclic) bond motifs is 1. The van der Waals surface area contributed by atoms with E-state index < -0.39 is 11.6 Å². The molecule has 2 aromatic rings. The minimum atomic E-state index is -0.963. The maximum atomic E-state index is 11.2. The highest BCUT2D eigenvalue weighted by atomic mass is 16.4. The standard InChI is InChI=1S/C15H18N2O3/c1-15(2,20)9-17(3)13-8-7-10-11(14(18)19)5-4-6-12(10)16-13/h4-8,20H,9H2,1-3H3,(H,18,19). The van der Waals surface area contributed by atoms with E-state index in [1.807, 2.05) is 11.9 Å². The zero-order valence-corrected chi connectivity index (χ0v) is 11.8. The Morgan fingerprint density at radius 3 is 2.60 bits per heavy atom. The van der Waals surface area contributed by atoms with Gasteiger partial charge in [-0.25, -0.2) is 9.78 Å². The van der Waals surface area contributed by atoms with Crippen LogP contribution in [-0.4, -0.2) is 40.4 Å². The molecular formula is C15H18N2O3. The molecule has 0 bridgehead atoms. The first kappa shape index (κ1) is 14.3. The van der Waals surface area contributed by atoms with Crippen molar-refractivity contribution in [3.63, 3.8) is 0 Å². The van der Waals surface area contributed by atoms with Crippen LogP contribution in [0.5, 0.6) is 0 Å². The van der Waals surface area contributed by atoms with Crippen LogP contribution in [0.2, 0.25) is 0 Å². The molecule has 20 heavy (non-hydrogen) atoms. The number of nitrogens with zero attached hydrogens (tertiary/aromatic N) is 2. The Bertz CT molecular complexity index is 647. The van der Waals surface area contributed by atoms with Crippen molar-refractivity contribution in [1.29, 1.82) is 0 Å². The van der Waals surface area contributed by atoms with Gasteiger partial charge in [0.15, 0.2) is 0 Å². The van der Waals surface area contributed by atoms with Gasteiger partial charge in [0.2, 0.25) is 0 Å². The molecule has 0 radical (unpaired) electrons. The van der Waals surface area contributed by atoms with Crippen LogP contribution < -0.4 is 4.90 Å². The fourth-order valence-corrected chi connectivity index (χ4v) is 2.20. The van der Waals surface area contributed by atoms with E-state index in [0.717, 1.165) is 0 Å². The number of hydrogen-bond donors (Lipinski definition) is 2. The lowest BCUT2D eigenvalue weighted by Gasteiger charge is -2.26. The van der Waals surface area contributed by atoms with E-state index >= 15 is 0 Å². The highest BCUT2D eigenvalue weighted by Crippen LogP contribution is 2.21. The van der Waals surface area contributed by atoms with Crippen molar-refractivity contribution >= 4 is 22.7 Å². The average molecular weight is 274 g/mol. The Balaban J connectivity index is 2.42. The molecule has 0 aliphatic rings. The number of carbonyl (C=O) groups is 1. The molecule has 0 atom stereocenters. The Morgan fingerprint density at radius 1 is 1.30 bits per heavy atom. The maximum absolute atomic E-state index is 11.2. The molecular weight excluding hydrogens is 256 g/mol. The van der Waals surface area contributed by atoms with Crippen LogP contribution in [0, 0.1) is 0 Å². The van der Waals surface area contributed by atoms with Crippen molar-refractivity contribution in [2.75, 3.05) is 18.5 Å². The first-order chi connectivity index (χ1) is 9.28. The fraction of sp³-hybridized carbons (Fsp3) is 0.333. The molecule has 2 rings (SSSR count). The summed E-state index contributed by atoms with van der Waals surface area (Å²) < 4.78 is 0. The molecule has 1 aromatic heterocycles. The van der Waals surface area contributed by atoms with Crippen LogP contribution in [0.3, 0.4) is 0 Å². The van der Waals surface area contributed by atoms with Gasteiger partial charge in [0.1, 0.15) is 5.82 Å². The highest BCUT2D eigenvalue weighted by molar-refractivity contribution is 6.02. The van der Waals surface area contributed by atoms with Gasteiger partial charge < -0.3 is 15.1 Å². The van der Waals surface area contributed by atoms with E-state index in [-0.39, 0.29) is 5.56 Å². The van der Waals surface area contributed by atoms with Crippen molar-refractivity contribution < 1.29 is 15.0 Å². The molecule has 0 saturated heterocycles. The molecule has 5 nitrogen and oxygen atoms in total. The molecule has 0 aliphatic heterocycles. The zero-order chi connectivity index (χ0) is 14.9. The van der Waals surface area contributed by atoms with E-state index in [9.17, 15) is 9.90 Å². The molecule has 0 aliphatic carbocycles. The first-order valence-electron chi connectivity index (χ1n) is 6.34. The molecule has 2 N–H and O–H groups in total. The number of aromatic nitrogens is 1. The zero-order valence-electron chi connectivity index (χ0n) is 11.8. The largest absolute Gasteiger partial charge is 0.478 e. The number of anilines is 1. The normalized spacial score (nSPS) is 11.6. The third kappa shape index (κ3) is 3.05. The van der Waals surface area contributed by atoms with Gasteiger partial charge in [-0.3, -0.25) is 0 Å². The van der Waals surface area contributed by atoms with Crippen molar-refractivity contribution in [2.24, 2.45) is 0 Å². The fourth-order valence-electron chi connectivity index (χ4n) is 2.20. The minimum absolute atomic E-state index is 0.242. The summed E-state index contributed by atoms with van der Waals surface area (Å²) in [6.07, 6.45) is 0. The summed E-state index contributed by atoms with van der Waals surface area (Å²) in [5, 5.41) is 19.6. The third-order valence-electron chi connectivity index (χ3n) is 2.96. The average Bonchev–Trinajstić information content (AvgIpc) is 2.35. The van der Waals surface area contributed by atoms with Gasteiger partial charge in [-0.15, -0.1) is 0 Å². The summed E-state index contributed by atoms with van der Waals surface area (Å²) in [6.45, 7) is 3.89. The van der Waals surface area contributed by atoms with Crippen molar-refractivity contribution in [3.05, 3.63) is 35.9 Å². The number of hydrogen-bond acceptors (Lipinski definition) is 4. The number of benzene rings is 1. The predicted octanol–water partition coefficient (Wildman–Crippen LogP) is 2.14. The van der Waals surface area contributed by atoms with Crippen LogP contribution in [-0.2, 0) is 0 Å². The lowest BCUT2D eigenvalue weighted by molar-refractivity contribution is 0.0698. The lowest BCUT2D eigenvalue weighted by atomic mass is 10.1. The van der Waals surface area contributed by atoms with Gasteiger partial charge in [-0.05, 0) is 38.1 Å². The van der Waals surface area contributed by atoms with Crippen LogP contribution in [0.25, 0.3) is 10.9 Å². The number of likely N-dealkylation sites (N-methyl/N-ethyl adjacent to an activating group) is 1. The van der Waals surface area contributed by atoms with E-state index in [2.05, 4.69) is 4.98 Å². The number of aliphatic hydroxyl groups is 1. The molecule has 5 heteroatoms. The summed E-state index contributed by atoms with van der Waals surface area (Å²) in [7, 11) is 1.84. The van der Waals surface area contributed by atoms with E-state index in [1.165, 1.54) is 0 Å². The number of pyridine rings is 1. The number of carboxylic acid groups (broad SMARTS) is 1. The van der Waals surface area contributed by atoms with E-state index in [1.54, 1.807) is 44.2 Å². The number of rotatable bonds is 4. The smallest absolute Gasteiger partial charge is 0.336 e. The summed E-state index contributed by atoms with van der Waals surface area (Å²) in [5.41, 5.74) is 0.0468. The second-order valence-corrected chi connectivity index (χ2v) is 5.52. The second kappa shape index (κ2) is 5.09. The highest BCUT2D eigenvalue weighted by Gasteiger charge is 2.17. The molecule has 0 amide bonds. The predicted molar refractivity (Wildman–Crippen MR) is 78.3 cm³/mol. The van der Waals surface area contributed by atoms with Gasteiger partial charge in [-0.1, -0.05) is 6.07 Å². The summed E-state index contributed by atoms with van der Waals surface area (Å²) in [4.78, 5) is 17.4. The topological polar surface area (TPSA) is 73.7 Å². The Morgan fingerprint density at radius 2 is 2.00 bits per heavy atom. The summed E-state index contributed by atoms with van der Waals surface area (Å²) in [6, 6.07) is 8.54. The second-order valence-electron chi connectivity index (χ2n) is 5.52. The van der Waals surface area contributed by atoms with Gasteiger partial charge in [0.25, 0.3) is 0 Å². The van der Waals surface area contributed by atoms with Crippen LogP contribution >= 0.6 is 0 Å². The monoisotopic (exact) mass is 274 g/mol. The molecule has 0 saturated carbocycles. The SMILES string of the molecule is CN(CC(C)(C)O)c1ccc2c(C(=O)O)cccc2n1. The Hall–Kier alpha value is -2.14. The first-order valence-corrected chi connectivity index (χ1v) is 6.34. The molecule has 0 spiro atoms. The van der Waals surface area contributed by atoms with Crippen molar-refractivity contribution in [1.82, 2.24) is 4.98 Å². The van der Waals surface area contributed by atoms with Gasteiger partial charge in [0, 0.05) is 19.0 Å². The molecule has 106 valence electrons. The minimum Gasteiger partial charge on any atom is -0.478 e. The molecule has 1 aromatic carbocycles. The Labute approximate surface area is 117 Å². The van der Waals surface area contributed by atoms with E-state index in [0.29, 0.717) is 23.3 Å². The van der Waals surface area contributed by atoms with Gasteiger partial charge >= 0.3 is 5.97 Å². The molecule has 0 unspecified atom stereocenters. The summed E-state index contributed by atoms with van der Waals surface area (Å²) >= 11 is 0. The molecule has 1 heterocycles. The lowest BCUT2D eigenvalue weighted by Crippen LogP contribution is -2.36. The number of aromatic carboxylic acids is 1.